The molecule has 0 saturated carbocycles. The molecule has 0 aromatic heterocycles. The van der Waals surface area contributed by atoms with E-state index in [1.54, 1.807) is 25.1 Å². The lowest BCUT2D eigenvalue weighted by Gasteiger charge is -2.10. The van der Waals surface area contributed by atoms with E-state index in [4.69, 9.17) is 11.6 Å². The Bertz CT molecular complexity index is 691. The molecule has 0 radical (unpaired) electrons. The average Bonchev–Trinajstić information content (AvgIpc) is 2.39. The van der Waals surface area contributed by atoms with E-state index in [2.05, 4.69) is 21.2 Å². The first-order valence-corrected chi connectivity index (χ1v) is 6.78. The second-order valence-electron chi connectivity index (χ2n) is 4.11. The van der Waals surface area contributed by atoms with Gasteiger partial charge in [-0.05, 0) is 46.6 Å². The number of nitrogens with one attached hydrogen (secondary N) is 1. The second-order valence-corrected chi connectivity index (χ2v) is 5.37. The van der Waals surface area contributed by atoms with Crippen molar-refractivity contribution in [3.63, 3.8) is 0 Å². The van der Waals surface area contributed by atoms with Gasteiger partial charge in [0.15, 0.2) is 0 Å². The molecule has 0 spiro atoms. The molecule has 0 unspecified atom stereocenters. The molecule has 0 aliphatic heterocycles. The van der Waals surface area contributed by atoms with Crippen molar-refractivity contribution in [1.82, 2.24) is 0 Å². The highest BCUT2D eigenvalue weighted by Crippen LogP contribution is 2.25. The smallest absolute Gasteiger partial charge is 0.256 e. The normalized spacial score (nSPS) is 10.4. The van der Waals surface area contributed by atoms with Gasteiger partial charge >= 0.3 is 0 Å². The summed E-state index contributed by atoms with van der Waals surface area (Å²) < 4.78 is 27.0. The van der Waals surface area contributed by atoms with Gasteiger partial charge in [0.1, 0.15) is 11.6 Å². The monoisotopic (exact) mass is 359 g/mol. The van der Waals surface area contributed by atoms with Crippen LogP contribution in [0.5, 0.6) is 0 Å². The van der Waals surface area contributed by atoms with Crippen LogP contribution in [0.1, 0.15) is 15.9 Å². The van der Waals surface area contributed by atoms with Crippen LogP contribution in [0.3, 0.4) is 0 Å². The number of carbonyl (C=O) groups is 1. The predicted molar refractivity (Wildman–Crippen MR) is 78.2 cm³/mol. The Morgan fingerprint density at radius 1 is 1.25 bits per heavy atom. The van der Waals surface area contributed by atoms with E-state index in [1.807, 2.05) is 0 Å². The Hall–Kier alpha value is -1.46. The predicted octanol–water partition coefficient (Wildman–Crippen LogP) is 4.94. The van der Waals surface area contributed by atoms with Crippen molar-refractivity contribution >= 4 is 39.1 Å². The van der Waals surface area contributed by atoms with Crippen molar-refractivity contribution in [2.45, 2.75) is 6.92 Å². The Morgan fingerprint density at radius 2 is 1.95 bits per heavy atom. The van der Waals surface area contributed by atoms with E-state index in [0.29, 0.717) is 16.1 Å². The van der Waals surface area contributed by atoms with Crippen LogP contribution in [0.4, 0.5) is 14.5 Å². The summed E-state index contributed by atoms with van der Waals surface area (Å²) in [5.74, 6) is -1.94. The van der Waals surface area contributed by atoms with Gasteiger partial charge in [-0.2, -0.15) is 0 Å². The van der Waals surface area contributed by atoms with Gasteiger partial charge in [-0.25, -0.2) is 8.78 Å². The first kappa shape index (κ1) is 14.9. The van der Waals surface area contributed by atoms with Gasteiger partial charge in [0, 0.05) is 16.7 Å². The highest BCUT2D eigenvalue weighted by Gasteiger charge is 2.15. The SMILES string of the molecule is Cc1c(Cl)cccc1C(=O)Nc1cc(F)c(Br)cc1F. The van der Waals surface area contributed by atoms with Crippen LogP contribution in [-0.4, -0.2) is 5.91 Å². The summed E-state index contributed by atoms with van der Waals surface area (Å²) in [5.41, 5.74) is 0.653. The van der Waals surface area contributed by atoms with Crippen molar-refractivity contribution in [1.29, 1.82) is 0 Å². The molecule has 0 bridgehead atoms. The lowest BCUT2D eigenvalue weighted by Crippen LogP contribution is -2.14. The van der Waals surface area contributed by atoms with Crippen molar-refractivity contribution in [2.24, 2.45) is 0 Å². The number of anilines is 1. The van der Waals surface area contributed by atoms with Gasteiger partial charge < -0.3 is 5.32 Å². The molecule has 20 heavy (non-hydrogen) atoms. The van der Waals surface area contributed by atoms with E-state index in [0.717, 1.165) is 12.1 Å². The maximum atomic E-state index is 13.6. The number of carbonyl (C=O) groups excluding carboxylic acids is 1. The van der Waals surface area contributed by atoms with Crippen LogP contribution in [0.25, 0.3) is 0 Å². The third-order valence-electron chi connectivity index (χ3n) is 2.77. The van der Waals surface area contributed by atoms with Crippen LogP contribution in [-0.2, 0) is 0 Å². The highest BCUT2D eigenvalue weighted by atomic mass is 79.9. The average molecular weight is 361 g/mol. The van der Waals surface area contributed by atoms with Gasteiger partial charge in [-0.15, -0.1) is 0 Å². The molecule has 2 nitrogen and oxygen atoms in total. The molecule has 104 valence electrons. The summed E-state index contributed by atoms with van der Waals surface area (Å²) in [6.45, 7) is 1.68. The fourth-order valence-electron chi connectivity index (χ4n) is 1.66. The molecule has 2 aromatic carbocycles. The second kappa shape index (κ2) is 5.89. The number of hydrogen-bond donors (Lipinski definition) is 1. The summed E-state index contributed by atoms with van der Waals surface area (Å²) in [6.07, 6.45) is 0. The summed E-state index contributed by atoms with van der Waals surface area (Å²) in [4.78, 5) is 12.1. The summed E-state index contributed by atoms with van der Waals surface area (Å²) in [5, 5.41) is 2.76. The number of halogens is 4. The summed E-state index contributed by atoms with van der Waals surface area (Å²) in [7, 11) is 0. The van der Waals surface area contributed by atoms with Crippen molar-refractivity contribution in [3.05, 3.63) is 62.6 Å². The molecule has 2 aromatic rings. The Kier molecular flexibility index (Phi) is 4.40. The minimum absolute atomic E-state index is 0.00747. The first-order valence-electron chi connectivity index (χ1n) is 5.61. The lowest BCUT2D eigenvalue weighted by molar-refractivity contribution is 0.102. The molecule has 1 amide bonds. The van der Waals surface area contributed by atoms with E-state index in [-0.39, 0.29) is 10.2 Å². The Balaban J connectivity index is 2.33. The Morgan fingerprint density at radius 3 is 2.65 bits per heavy atom. The topological polar surface area (TPSA) is 29.1 Å². The molecule has 0 aliphatic carbocycles. The maximum absolute atomic E-state index is 13.6. The molecular formula is C14H9BrClF2NO. The molecular weight excluding hydrogens is 352 g/mol. The highest BCUT2D eigenvalue weighted by molar-refractivity contribution is 9.10. The van der Waals surface area contributed by atoms with Gasteiger partial charge in [-0.1, -0.05) is 17.7 Å². The zero-order valence-electron chi connectivity index (χ0n) is 10.3. The van der Waals surface area contributed by atoms with Gasteiger partial charge in [-0.3, -0.25) is 4.79 Å². The largest absolute Gasteiger partial charge is 0.319 e. The quantitative estimate of drug-likeness (QED) is 0.755. The molecule has 0 heterocycles. The van der Waals surface area contributed by atoms with Crippen LogP contribution in [0.15, 0.2) is 34.8 Å². The zero-order chi connectivity index (χ0) is 14.9. The standard InChI is InChI=1S/C14H9BrClF2NO/c1-7-8(3-2-4-10(7)16)14(20)19-13-6-11(17)9(15)5-12(13)18/h2-6H,1H3,(H,19,20). The minimum Gasteiger partial charge on any atom is -0.319 e. The van der Waals surface area contributed by atoms with Gasteiger partial charge in [0.2, 0.25) is 0 Å². The molecule has 0 aliphatic rings. The number of benzene rings is 2. The summed E-state index contributed by atoms with van der Waals surface area (Å²) >= 11 is 8.79. The number of hydrogen-bond acceptors (Lipinski definition) is 1. The van der Waals surface area contributed by atoms with Crippen LogP contribution in [0, 0.1) is 18.6 Å². The molecule has 2 rings (SSSR count). The molecule has 0 fully saturated rings. The van der Waals surface area contributed by atoms with E-state index >= 15 is 0 Å². The third kappa shape index (κ3) is 2.99. The van der Waals surface area contributed by atoms with Crippen LogP contribution >= 0.6 is 27.5 Å². The first-order chi connectivity index (χ1) is 9.40. The fourth-order valence-corrected chi connectivity index (χ4v) is 2.15. The van der Waals surface area contributed by atoms with Crippen molar-refractivity contribution in [3.8, 4) is 0 Å². The molecule has 0 atom stereocenters. The molecule has 6 heteroatoms. The lowest BCUT2D eigenvalue weighted by atomic mass is 10.1. The van der Waals surface area contributed by atoms with E-state index in [1.165, 1.54) is 0 Å². The number of amides is 1. The van der Waals surface area contributed by atoms with Gasteiger partial charge in [0.05, 0.1) is 10.2 Å². The zero-order valence-corrected chi connectivity index (χ0v) is 12.6. The third-order valence-corrected chi connectivity index (χ3v) is 3.79. The van der Waals surface area contributed by atoms with Crippen LogP contribution < -0.4 is 5.32 Å². The molecule has 1 N–H and O–H groups in total. The fraction of sp³-hybridized carbons (Fsp3) is 0.0714. The van der Waals surface area contributed by atoms with Crippen molar-refractivity contribution < 1.29 is 13.6 Å². The maximum Gasteiger partial charge on any atom is 0.256 e. The Labute approximate surface area is 127 Å². The number of rotatable bonds is 2. The van der Waals surface area contributed by atoms with Crippen LogP contribution in [0.2, 0.25) is 5.02 Å². The molecule has 0 saturated heterocycles. The van der Waals surface area contributed by atoms with Crippen molar-refractivity contribution in [2.75, 3.05) is 5.32 Å². The van der Waals surface area contributed by atoms with E-state index < -0.39 is 17.5 Å². The summed E-state index contributed by atoms with van der Waals surface area (Å²) in [6, 6.07) is 6.69. The van der Waals surface area contributed by atoms with Gasteiger partial charge in [0.25, 0.3) is 5.91 Å². The van der Waals surface area contributed by atoms with E-state index in [9.17, 15) is 13.6 Å². The minimum atomic E-state index is -0.730.